The van der Waals surface area contributed by atoms with Crippen LogP contribution in [-0.4, -0.2) is 6.61 Å². The molecule has 0 radical (unpaired) electrons. The molecule has 0 saturated heterocycles. The molecule has 0 rings (SSSR count). The molecule has 0 N–H and O–H groups in total. The minimum Gasteiger partial charge on any atom is -0.502 e. The highest BCUT2D eigenvalue weighted by molar-refractivity contribution is 5.05. The van der Waals surface area contributed by atoms with Gasteiger partial charge in [-0.3, -0.25) is 0 Å². The van der Waals surface area contributed by atoms with Gasteiger partial charge in [-0.25, -0.2) is 0 Å². The van der Waals surface area contributed by atoms with Gasteiger partial charge in [-0.1, -0.05) is 31.4 Å². The number of rotatable bonds is 3. The van der Waals surface area contributed by atoms with Crippen molar-refractivity contribution in [2.24, 2.45) is 0 Å². The van der Waals surface area contributed by atoms with E-state index in [4.69, 9.17) is 0 Å². The molecule has 10 heavy (non-hydrogen) atoms. The first-order valence-corrected chi connectivity index (χ1v) is 3.19. The van der Waals surface area contributed by atoms with Crippen molar-refractivity contribution in [2.75, 3.05) is 6.61 Å². The fraction of sp³-hybridized carbons (Fsp3) is 0.333. The van der Waals surface area contributed by atoms with Gasteiger partial charge in [0.25, 0.3) is 0 Å². The van der Waals surface area contributed by atoms with Gasteiger partial charge in [0.05, 0.1) is 12.9 Å². The average Bonchev–Trinajstić information content (AvgIpc) is 1.91. The molecule has 0 aromatic heterocycles. The van der Waals surface area contributed by atoms with Crippen LogP contribution in [0.1, 0.15) is 13.8 Å². The maximum absolute atomic E-state index is 4.60. The Labute approximate surface area is 63.7 Å². The van der Waals surface area contributed by atoms with Crippen molar-refractivity contribution in [1.82, 2.24) is 0 Å². The van der Waals surface area contributed by atoms with Crippen molar-refractivity contribution in [3.05, 3.63) is 37.6 Å². The number of hydrogen-bond acceptors (Lipinski definition) is 1. The molecule has 58 valence electrons. The van der Waals surface area contributed by atoms with Crippen molar-refractivity contribution < 1.29 is 4.74 Å². The van der Waals surface area contributed by atoms with Crippen LogP contribution in [0.15, 0.2) is 37.6 Å². The van der Waals surface area contributed by atoms with E-state index in [-0.39, 0.29) is 0 Å². The summed E-state index contributed by atoms with van der Waals surface area (Å²) in [6.45, 7) is 14.9. The highest BCUT2D eigenvalue weighted by atomic mass is 16.5. The third-order valence-electron chi connectivity index (χ3n) is 0.633. The van der Waals surface area contributed by atoms with E-state index in [2.05, 4.69) is 24.5 Å². The van der Waals surface area contributed by atoms with Gasteiger partial charge >= 0.3 is 0 Å². The van der Waals surface area contributed by atoms with Crippen molar-refractivity contribution in [1.29, 1.82) is 0 Å². The molecule has 0 bridgehead atoms. The third kappa shape index (κ3) is 27.9. The molecule has 0 amide bonds. The summed E-state index contributed by atoms with van der Waals surface area (Å²) in [7, 11) is 0. The van der Waals surface area contributed by atoms with Crippen molar-refractivity contribution >= 4 is 0 Å². The second-order valence-electron chi connectivity index (χ2n) is 1.67. The van der Waals surface area contributed by atoms with Crippen molar-refractivity contribution in [2.45, 2.75) is 13.8 Å². The van der Waals surface area contributed by atoms with Crippen molar-refractivity contribution in [3.63, 3.8) is 0 Å². The molecule has 0 aliphatic rings. The standard InChI is InChI=1S/C5H8.C4H8O/c1-4-5(2)3;1-3-5-4-2/h4H,1-2H2,3H3;3H,1,4H2,2H3. The molecule has 0 heterocycles. The second-order valence-corrected chi connectivity index (χ2v) is 1.67. The van der Waals surface area contributed by atoms with Crippen LogP contribution in [-0.2, 0) is 4.74 Å². The first-order chi connectivity index (χ1) is 4.68. The zero-order valence-corrected chi connectivity index (χ0v) is 6.89. The molecular formula is C9H16O. The SMILES string of the molecule is C=CC(=C)C.C=COCC. The Morgan fingerprint density at radius 2 is 1.90 bits per heavy atom. The van der Waals surface area contributed by atoms with E-state index in [0.29, 0.717) is 0 Å². The number of hydrogen-bond donors (Lipinski definition) is 0. The van der Waals surface area contributed by atoms with Crippen LogP contribution in [0.2, 0.25) is 0 Å². The van der Waals surface area contributed by atoms with Gasteiger partial charge in [-0.05, 0) is 13.8 Å². The van der Waals surface area contributed by atoms with Gasteiger partial charge in [-0.15, -0.1) is 0 Å². The highest BCUT2D eigenvalue weighted by Gasteiger charge is 1.59. The van der Waals surface area contributed by atoms with Gasteiger partial charge in [-0.2, -0.15) is 0 Å². The van der Waals surface area contributed by atoms with E-state index in [0.717, 1.165) is 12.2 Å². The number of ether oxygens (including phenoxy) is 1. The lowest BCUT2D eigenvalue weighted by molar-refractivity contribution is 0.270. The van der Waals surface area contributed by atoms with E-state index in [9.17, 15) is 0 Å². The van der Waals surface area contributed by atoms with Gasteiger partial charge < -0.3 is 4.74 Å². The Morgan fingerprint density at radius 1 is 1.50 bits per heavy atom. The molecular weight excluding hydrogens is 124 g/mol. The zero-order valence-electron chi connectivity index (χ0n) is 6.89. The van der Waals surface area contributed by atoms with Gasteiger partial charge in [0.15, 0.2) is 0 Å². The van der Waals surface area contributed by atoms with Crippen LogP contribution in [0.3, 0.4) is 0 Å². The van der Waals surface area contributed by atoms with E-state index in [1.165, 1.54) is 6.26 Å². The Hall–Kier alpha value is -0.980. The Bertz CT molecular complexity index is 103. The summed E-state index contributed by atoms with van der Waals surface area (Å²) >= 11 is 0. The summed E-state index contributed by atoms with van der Waals surface area (Å²) in [5.74, 6) is 0. The maximum Gasteiger partial charge on any atom is 0.0844 e. The Balaban J connectivity index is 0. The molecule has 0 aliphatic carbocycles. The lowest BCUT2D eigenvalue weighted by Crippen LogP contribution is -1.72. The second kappa shape index (κ2) is 10.9. The lowest BCUT2D eigenvalue weighted by atomic mass is 10.4. The molecule has 0 aliphatic heterocycles. The van der Waals surface area contributed by atoms with Crippen LogP contribution in [0.25, 0.3) is 0 Å². The van der Waals surface area contributed by atoms with Crippen molar-refractivity contribution in [3.8, 4) is 0 Å². The quantitative estimate of drug-likeness (QED) is 0.432. The number of allylic oxidation sites excluding steroid dienone is 2. The summed E-state index contributed by atoms with van der Waals surface area (Å²) in [6.07, 6.45) is 3.15. The molecule has 0 aromatic carbocycles. The topological polar surface area (TPSA) is 9.23 Å². The molecule has 0 aromatic rings. The summed E-state index contributed by atoms with van der Waals surface area (Å²) in [4.78, 5) is 0. The van der Waals surface area contributed by atoms with Gasteiger partial charge in [0.2, 0.25) is 0 Å². The first kappa shape index (κ1) is 11.8. The summed E-state index contributed by atoms with van der Waals surface area (Å²) in [5.41, 5.74) is 1.02. The van der Waals surface area contributed by atoms with Crippen LogP contribution < -0.4 is 0 Å². The molecule has 1 heteroatoms. The summed E-state index contributed by atoms with van der Waals surface area (Å²) in [5, 5.41) is 0. The van der Waals surface area contributed by atoms with E-state index in [1.807, 2.05) is 13.8 Å². The summed E-state index contributed by atoms with van der Waals surface area (Å²) < 4.78 is 4.60. The van der Waals surface area contributed by atoms with Crippen LogP contribution >= 0.6 is 0 Å². The maximum atomic E-state index is 4.60. The van der Waals surface area contributed by atoms with Crippen LogP contribution in [0.5, 0.6) is 0 Å². The predicted octanol–water partition coefficient (Wildman–Crippen LogP) is 2.91. The van der Waals surface area contributed by atoms with E-state index < -0.39 is 0 Å². The lowest BCUT2D eigenvalue weighted by Gasteiger charge is -1.84. The fourth-order valence-corrected chi connectivity index (χ4v) is 0.118. The third-order valence-corrected chi connectivity index (χ3v) is 0.633. The zero-order chi connectivity index (χ0) is 8.41. The average molecular weight is 140 g/mol. The molecule has 0 atom stereocenters. The predicted molar refractivity (Wildman–Crippen MR) is 46.8 cm³/mol. The molecule has 0 saturated carbocycles. The molecule has 1 nitrogen and oxygen atoms in total. The minimum atomic E-state index is 0.726. The molecule has 0 spiro atoms. The summed E-state index contributed by atoms with van der Waals surface area (Å²) in [6, 6.07) is 0. The normalized spacial score (nSPS) is 6.60. The largest absolute Gasteiger partial charge is 0.502 e. The van der Waals surface area contributed by atoms with Gasteiger partial charge in [0, 0.05) is 0 Å². The Kier molecular flexibility index (Phi) is 12.8. The van der Waals surface area contributed by atoms with Crippen LogP contribution in [0, 0.1) is 0 Å². The highest BCUT2D eigenvalue weighted by Crippen LogP contribution is 1.81. The monoisotopic (exact) mass is 140 g/mol. The van der Waals surface area contributed by atoms with Gasteiger partial charge in [0.1, 0.15) is 0 Å². The minimum absolute atomic E-state index is 0.726. The Morgan fingerprint density at radius 3 is 1.90 bits per heavy atom. The van der Waals surface area contributed by atoms with E-state index >= 15 is 0 Å². The molecule has 0 fully saturated rings. The smallest absolute Gasteiger partial charge is 0.0844 e. The van der Waals surface area contributed by atoms with Crippen LogP contribution in [0.4, 0.5) is 0 Å². The van der Waals surface area contributed by atoms with E-state index in [1.54, 1.807) is 6.08 Å². The molecule has 0 unspecified atom stereocenters. The first-order valence-electron chi connectivity index (χ1n) is 3.19. The fourth-order valence-electron chi connectivity index (χ4n) is 0.118.